The van der Waals surface area contributed by atoms with Crippen molar-refractivity contribution in [3.05, 3.63) is 48.0 Å². The molecule has 3 aromatic heterocycles. The van der Waals surface area contributed by atoms with Crippen molar-refractivity contribution in [2.75, 3.05) is 28.6 Å². The molecule has 0 unspecified atom stereocenters. The second-order valence-corrected chi connectivity index (χ2v) is 6.34. The van der Waals surface area contributed by atoms with Crippen molar-refractivity contribution in [3.63, 3.8) is 0 Å². The Morgan fingerprint density at radius 3 is 2.89 bits per heavy atom. The molecule has 0 spiro atoms. The molecule has 0 aromatic carbocycles. The highest BCUT2D eigenvalue weighted by Crippen LogP contribution is 2.32. The van der Waals surface area contributed by atoms with Crippen molar-refractivity contribution in [1.82, 2.24) is 15.1 Å². The first-order valence-corrected chi connectivity index (χ1v) is 8.81. The van der Waals surface area contributed by atoms with Crippen molar-refractivity contribution < 1.29 is 9.32 Å². The molecule has 4 rings (SSSR count). The van der Waals surface area contributed by atoms with Gasteiger partial charge in [-0.05, 0) is 44.5 Å². The van der Waals surface area contributed by atoms with E-state index >= 15 is 0 Å². The van der Waals surface area contributed by atoms with Crippen molar-refractivity contribution in [3.8, 4) is 11.3 Å². The Labute approximate surface area is 156 Å². The first-order valence-electron chi connectivity index (χ1n) is 8.81. The van der Waals surface area contributed by atoms with Gasteiger partial charge in [0.25, 0.3) is 0 Å². The molecule has 138 valence electrons. The van der Waals surface area contributed by atoms with E-state index in [4.69, 9.17) is 9.51 Å². The topological polar surface area (TPSA) is 96.2 Å². The van der Waals surface area contributed by atoms with E-state index in [0.717, 1.165) is 35.6 Å². The SMILES string of the molecule is Cc1noc(C)c1-c1ccc2c(n1)N(C(=O)Nc1ccccn1)CCCN2. The summed E-state index contributed by atoms with van der Waals surface area (Å²) in [5, 5.41) is 10.2. The largest absolute Gasteiger partial charge is 0.382 e. The molecule has 0 fully saturated rings. The Kier molecular flexibility index (Phi) is 4.45. The van der Waals surface area contributed by atoms with Crippen LogP contribution in [0.5, 0.6) is 0 Å². The van der Waals surface area contributed by atoms with E-state index < -0.39 is 0 Å². The third-order valence-electron chi connectivity index (χ3n) is 4.44. The van der Waals surface area contributed by atoms with Crippen LogP contribution in [0.2, 0.25) is 0 Å². The van der Waals surface area contributed by atoms with Crippen LogP contribution in [0, 0.1) is 13.8 Å². The minimum Gasteiger partial charge on any atom is -0.382 e. The molecule has 4 heterocycles. The predicted molar refractivity (Wildman–Crippen MR) is 103 cm³/mol. The van der Waals surface area contributed by atoms with Gasteiger partial charge in [0, 0.05) is 19.3 Å². The number of rotatable bonds is 2. The number of hydrogen-bond donors (Lipinski definition) is 2. The number of urea groups is 1. The number of pyridine rings is 2. The van der Waals surface area contributed by atoms with Gasteiger partial charge in [0.1, 0.15) is 11.6 Å². The number of nitrogens with zero attached hydrogens (tertiary/aromatic N) is 4. The summed E-state index contributed by atoms with van der Waals surface area (Å²) in [6, 6.07) is 8.98. The monoisotopic (exact) mass is 364 g/mol. The predicted octanol–water partition coefficient (Wildman–Crippen LogP) is 3.60. The van der Waals surface area contributed by atoms with E-state index in [1.165, 1.54) is 0 Å². The van der Waals surface area contributed by atoms with Gasteiger partial charge in [-0.3, -0.25) is 10.2 Å². The fourth-order valence-electron chi connectivity index (χ4n) is 3.16. The molecule has 2 N–H and O–H groups in total. The van der Waals surface area contributed by atoms with Gasteiger partial charge in [0.05, 0.1) is 22.6 Å². The lowest BCUT2D eigenvalue weighted by Crippen LogP contribution is -2.36. The number of nitrogens with one attached hydrogen (secondary N) is 2. The van der Waals surface area contributed by atoms with Gasteiger partial charge < -0.3 is 9.84 Å². The van der Waals surface area contributed by atoms with Crippen LogP contribution in [0.4, 0.5) is 22.1 Å². The van der Waals surface area contributed by atoms with Crippen LogP contribution in [0.3, 0.4) is 0 Å². The number of fused-ring (bicyclic) bond motifs is 1. The molecule has 2 amide bonds. The summed E-state index contributed by atoms with van der Waals surface area (Å²) in [7, 11) is 0. The van der Waals surface area contributed by atoms with Gasteiger partial charge in [-0.2, -0.15) is 0 Å². The Balaban J connectivity index is 1.71. The maximum atomic E-state index is 12.9. The van der Waals surface area contributed by atoms with Gasteiger partial charge in [0.2, 0.25) is 0 Å². The molecule has 27 heavy (non-hydrogen) atoms. The van der Waals surface area contributed by atoms with Gasteiger partial charge >= 0.3 is 6.03 Å². The second kappa shape index (κ2) is 7.06. The van der Waals surface area contributed by atoms with E-state index in [-0.39, 0.29) is 6.03 Å². The van der Waals surface area contributed by atoms with E-state index in [2.05, 4.69) is 20.8 Å². The summed E-state index contributed by atoms with van der Waals surface area (Å²) in [5.41, 5.74) is 3.17. The van der Waals surface area contributed by atoms with E-state index in [1.54, 1.807) is 23.2 Å². The summed E-state index contributed by atoms with van der Waals surface area (Å²) in [6.45, 7) is 5.05. The minimum absolute atomic E-state index is 0.262. The molecule has 0 saturated heterocycles. The van der Waals surface area contributed by atoms with Gasteiger partial charge in [-0.1, -0.05) is 11.2 Å². The molecular formula is C19H20N6O2. The van der Waals surface area contributed by atoms with Crippen LogP contribution in [0.15, 0.2) is 41.1 Å². The van der Waals surface area contributed by atoms with Gasteiger partial charge in [-0.25, -0.2) is 14.8 Å². The van der Waals surface area contributed by atoms with Gasteiger partial charge in [0.15, 0.2) is 5.82 Å². The normalized spacial score (nSPS) is 13.5. The van der Waals surface area contributed by atoms with Crippen LogP contribution in [0.25, 0.3) is 11.3 Å². The fourth-order valence-corrected chi connectivity index (χ4v) is 3.16. The third-order valence-corrected chi connectivity index (χ3v) is 4.44. The first-order chi connectivity index (χ1) is 13.1. The average molecular weight is 364 g/mol. The number of hydrogen-bond acceptors (Lipinski definition) is 6. The molecule has 0 atom stereocenters. The summed E-state index contributed by atoms with van der Waals surface area (Å²) < 4.78 is 5.26. The summed E-state index contributed by atoms with van der Waals surface area (Å²) in [6.07, 6.45) is 2.45. The number of carbonyl (C=O) groups excluding carboxylic acids is 1. The number of aromatic nitrogens is 3. The second-order valence-electron chi connectivity index (χ2n) is 6.34. The maximum Gasteiger partial charge on any atom is 0.328 e. The maximum absolute atomic E-state index is 12.9. The van der Waals surface area contributed by atoms with Crippen LogP contribution < -0.4 is 15.5 Å². The van der Waals surface area contributed by atoms with Crippen molar-refractivity contribution >= 4 is 23.4 Å². The number of aryl methyl sites for hydroxylation is 2. The zero-order valence-corrected chi connectivity index (χ0v) is 15.2. The molecule has 0 saturated carbocycles. The number of amides is 2. The Hall–Kier alpha value is -3.42. The van der Waals surface area contributed by atoms with E-state index in [9.17, 15) is 4.79 Å². The quantitative estimate of drug-likeness (QED) is 0.721. The minimum atomic E-state index is -0.262. The molecule has 8 heteroatoms. The van der Waals surface area contributed by atoms with Crippen LogP contribution in [0.1, 0.15) is 17.9 Å². The van der Waals surface area contributed by atoms with Crippen molar-refractivity contribution in [1.29, 1.82) is 0 Å². The van der Waals surface area contributed by atoms with Crippen LogP contribution in [-0.4, -0.2) is 34.2 Å². The van der Waals surface area contributed by atoms with E-state index in [1.807, 2.05) is 32.0 Å². The molecule has 3 aromatic rings. The third kappa shape index (κ3) is 3.33. The number of carbonyl (C=O) groups is 1. The lowest BCUT2D eigenvalue weighted by atomic mass is 10.1. The lowest BCUT2D eigenvalue weighted by molar-refractivity contribution is 0.256. The van der Waals surface area contributed by atoms with Crippen LogP contribution in [-0.2, 0) is 0 Å². The highest BCUT2D eigenvalue weighted by atomic mass is 16.5. The van der Waals surface area contributed by atoms with Crippen molar-refractivity contribution in [2.45, 2.75) is 20.3 Å². The standard InChI is InChI=1S/C19H20N6O2/c1-12-17(13(2)27-24-12)14-7-8-15-18(22-14)25(11-5-10-20-15)19(26)23-16-6-3-4-9-21-16/h3-4,6-9,20H,5,10-11H2,1-2H3,(H,21,23,26). The molecule has 0 radical (unpaired) electrons. The highest BCUT2D eigenvalue weighted by molar-refractivity contribution is 6.02. The van der Waals surface area contributed by atoms with Gasteiger partial charge in [-0.15, -0.1) is 0 Å². The van der Waals surface area contributed by atoms with Crippen LogP contribution >= 0.6 is 0 Å². The summed E-state index contributed by atoms with van der Waals surface area (Å²) >= 11 is 0. The van der Waals surface area contributed by atoms with Crippen molar-refractivity contribution in [2.24, 2.45) is 0 Å². The summed E-state index contributed by atoms with van der Waals surface area (Å²) in [5.74, 6) is 1.78. The molecule has 1 aliphatic rings. The Bertz CT molecular complexity index is 950. The molecule has 1 aliphatic heterocycles. The zero-order valence-electron chi connectivity index (χ0n) is 15.2. The average Bonchev–Trinajstić information content (AvgIpc) is 2.89. The fraction of sp³-hybridized carbons (Fsp3) is 0.263. The zero-order chi connectivity index (χ0) is 18.8. The molecule has 0 aliphatic carbocycles. The molecule has 8 nitrogen and oxygen atoms in total. The molecule has 0 bridgehead atoms. The van der Waals surface area contributed by atoms with E-state index in [0.29, 0.717) is 23.9 Å². The Morgan fingerprint density at radius 1 is 1.26 bits per heavy atom. The first kappa shape index (κ1) is 17.0. The lowest BCUT2D eigenvalue weighted by Gasteiger charge is -2.22. The Morgan fingerprint density at radius 2 is 2.15 bits per heavy atom. The highest BCUT2D eigenvalue weighted by Gasteiger charge is 2.24. The number of anilines is 3. The molecular weight excluding hydrogens is 344 g/mol. The smallest absolute Gasteiger partial charge is 0.328 e. The summed E-state index contributed by atoms with van der Waals surface area (Å²) in [4.78, 5) is 23.5.